The maximum atomic E-state index is 14.2. The Labute approximate surface area is 147 Å². The average molecular weight is 345 g/mol. The lowest BCUT2D eigenvalue weighted by molar-refractivity contribution is -0.156. The van der Waals surface area contributed by atoms with Crippen molar-refractivity contribution < 1.29 is 13.9 Å². The fourth-order valence-electron chi connectivity index (χ4n) is 3.45. The van der Waals surface area contributed by atoms with E-state index in [1.807, 2.05) is 16.9 Å². The topological polar surface area (TPSA) is 47.4 Å². The van der Waals surface area contributed by atoms with Crippen LogP contribution in [0.4, 0.5) is 4.39 Å². The number of ether oxygens (including phenoxy) is 1. The molecule has 2 aromatic rings. The Kier molecular flexibility index (Phi) is 5.18. The van der Waals surface area contributed by atoms with Crippen LogP contribution in [-0.2, 0) is 21.7 Å². The first kappa shape index (κ1) is 17.6. The van der Waals surface area contributed by atoms with Gasteiger partial charge < -0.3 is 9.64 Å². The largest absolute Gasteiger partial charge is 0.364 e. The smallest absolute Gasteiger partial charge is 0.259 e. The molecular weight excluding hydrogens is 321 g/mol. The normalized spacial score (nSPS) is 18.1. The number of hydrogen-bond acceptors (Lipinski definition) is 3. The van der Waals surface area contributed by atoms with Crippen molar-refractivity contribution in [2.45, 2.75) is 31.9 Å². The average Bonchev–Trinajstić information content (AvgIpc) is 3.14. The van der Waals surface area contributed by atoms with Crippen molar-refractivity contribution in [3.05, 3.63) is 54.1 Å². The van der Waals surface area contributed by atoms with Crippen LogP contribution in [0, 0.1) is 11.7 Å². The van der Waals surface area contributed by atoms with Gasteiger partial charge in [0.25, 0.3) is 5.91 Å². The fraction of sp³-hybridized carbons (Fsp3) is 0.474. The molecule has 0 N–H and O–H groups in total. The van der Waals surface area contributed by atoms with Gasteiger partial charge in [0.15, 0.2) is 5.60 Å². The quantitative estimate of drug-likeness (QED) is 0.837. The van der Waals surface area contributed by atoms with Gasteiger partial charge in [0.1, 0.15) is 5.82 Å². The summed E-state index contributed by atoms with van der Waals surface area (Å²) in [6, 6.07) is 8.22. The summed E-state index contributed by atoms with van der Waals surface area (Å²) in [5, 5.41) is 4.24. The van der Waals surface area contributed by atoms with Gasteiger partial charge in [-0.05, 0) is 37.8 Å². The Hall–Kier alpha value is -2.21. The summed E-state index contributed by atoms with van der Waals surface area (Å²) in [7, 11) is 1.45. The first-order valence-electron chi connectivity index (χ1n) is 8.61. The van der Waals surface area contributed by atoms with Crippen LogP contribution in [-0.4, -0.2) is 40.8 Å². The fourth-order valence-corrected chi connectivity index (χ4v) is 3.45. The van der Waals surface area contributed by atoms with Crippen LogP contribution >= 0.6 is 0 Å². The minimum Gasteiger partial charge on any atom is -0.364 e. The van der Waals surface area contributed by atoms with Crippen LogP contribution in [0.2, 0.25) is 0 Å². The number of nitrogens with zero attached hydrogens (tertiary/aromatic N) is 3. The molecule has 0 bridgehead atoms. The summed E-state index contributed by atoms with van der Waals surface area (Å²) in [5.74, 6) is -0.113. The van der Waals surface area contributed by atoms with E-state index in [0.717, 1.165) is 19.4 Å². The number of methoxy groups -OCH3 is 1. The molecule has 1 aliphatic rings. The van der Waals surface area contributed by atoms with Gasteiger partial charge in [-0.15, -0.1) is 0 Å². The highest BCUT2D eigenvalue weighted by Gasteiger charge is 2.41. The molecule has 1 aromatic carbocycles. The predicted octanol–water partition coefficient (Wildman–Crippen LogP) is 2.82. The van der Waals surface area contributed by atoms with Gasteiger partial charge in [0.05, 0.1) is 0 Å². The second-order valence-electron chi connectivity index (χ2n) is 6.68. The number of carbonyl (C=O) groups excluding carboxylic acids is 1. The molecule has 0 radical (unpaired) electrons. The molecular formula is C19H24FN3O2. The van der Waals surface area contributed by atoms with Crippen LogP contribution < -0.4 is 0 Å². The molecule has 1 fully saturated rings. The molecule has 1 amide bonds. The van der Waals surface area contributed by atoms with Crippen LogP contribution in [0.25, 0.3) is 0 Å². The van der Waals surface area contributed by atoms with E-state index < -0.39 is 11.4 Å². The molecule has 0 aliphatic carbocycles. The zero-order valence-electron chi connectivity index (χ0n) is 14.7. The van der Waals surface area contributed by atoms with Gasteiger partial charge in [-0.2, -0.15) is 5.10 Å². The van der Waals surface area contributed by atoms with E-state index >= 15 is 0 Å². The summed E-state index contributed by atoms with van der Waals surface area (Å²) < 4.78 is 21.6. The number of carbonyl (C=O) groups is 1. The molecule has 2 heterocycles. The third kappa shape index (κ3) is 3.58. The van der Waals surface area contributed by atoms with E-state index in [0.29, 0.717) is 19.0 Å². The van der Waals surface area contributed by atoms with Gasteiger partial charge >= 0.3 is 0 Å². The number of amides is 1. The van der Waals surface area contributed by atoms with Gasteiger partial charge in [0.2, 0.25) is 0 Å². The SMILES string of the molecule is CO[C@](C)(C(=O)N1CCC(Cn2cccn2)CC1)c1ccccc1F. The van der Waals surface area contributed by atoms with Crippen molar-refractivity contribution in [2.75, 3.05) is 20.2 Å². The molecule has 25 heavy (non-hydrogen) atoms. The summed E-state index contributed by atoms with van der Waals surface area (Å²) in [4.78, 5) is 14.8. The lowest BCUT2D eigenvalue weighted by atomic mass is 9.90. The molecule has 0 saturated carbocycles. The number of rotatable bonds is 5. The standard InChI is InChI=1S/C19H24FN3O2/c1-19(25-2,16-6-3-4-7-17(16)20)18(24)22-12-8-15(9-13-22)14-23-11-5-10-21-23/h3-7,10-11,15H,8-9,12-14H2,1-2H3/t19-/m0/s1. The Bertz CT molecular complexity index is 711. The van der Waals surface area contributed by atoms with Crippen molar-refractivity contribution in [1.29, 1.82) is 0 Å². The van der Waals surface area contributed by atoms with Crippen LogP contribution in [0.3, 0.4) is 0 Å². The number of piperidine rings is 1. The third-order valence-electron chi connectivity index (χ3n) is 5.11. The number of halogens is 1. The van der Waals surface area contributed by atoms with E-state index in [-0.39, 0.29) is 11.5 Å². The Morgan fingerprint density at radius 3 is 2.64 bits per heavy atom. The highest BCUT2D eigenvalue weighted by Crippen LogP contribution is 2.31. The molecule has 1 atom stereocenters. The lowest BCUT2D eigenvalue weighted by Crippen LogP contribution is -2.49. The second-order valence-corrected chi connectivity index (χ2v) is 6.68. The van der Waals surface area contributed by atoms with E-state index in [1.54, 1.807) is 36.2 Å². The molecule has 1 saturated heterocycles. The third-order valence-corrected chi connectivity index (χ3v) is 5.11. The van der Waals surface area contributed by atoms with Crippen LogP contribution in [0.15, 0.2) is 42.7 Å². The van der Waals surface area contributed by atoms with E-state index in [9.17, 15) is 9.18 Å². The van der Waals surface area contributed by atoms with Crippen molar-refractivity contribution in [3.8, 4) is 0 Å². The van der Waals surface area contributed by atoms with Gasteiger partial charge in [0, 0.05) is 44.7 Å². The maximum absolute atomic E-state index is 14.2. The summed E-state index contributed by atoms with van der Waals surface area (Å²) in [6.45, 7) is 3.81. The van der Waals surface area contributed by atoms with Crippen molar-refractivity contribution in [1.82, 2.24) is 14.7 Å². The number of benzene rings is 1. The van der Waals surface area contributed by atoms with Crippen LogP contribution in [0.5, 0.6) is 0 Å². The minimum absolute atomic E-state index is 0.183. The monoisotopic (exact) mass is 345 g/mol. The minimum atomic E-state index is -1.31. The van der Waals surface area contributed by atoms with Gasteiger partial charge in [-0.1, -0.05) is 18.2 Å². The zero-order valence-corrected chi connectivity index (χ0v) is 14.7. The molecule has 0 unspecified atom stereocenters. The van der Waals surface area contributed by atoms with E-state index in [1.165, 1.54) is 13.2 Å². The lowest BCUT2D eigenvalue weighted by Gasteiger charge is -2.38. The number of hydrogen-bond donors (Lipinski definition) is 0. The molecule has 1 aromatic heterocycles. The van der Waals surface area contributed by atoms with Crippen LogP contribution in [0.1, 0.15) is 25.3 Å². The Morgan fingerprint density at radius 1 is 1.32 bits per heavy atom. The molecule has 6 heteroatoms. The number of aromatic nitrogens is 2. The maximum Gasteiger partial charge on any atom is 0.259 e. The van der Waals surface area contributed by atoms with Crippen molar-refractivity contribution in [2.24, 2.45) is 5.92 Å². The van der Waals surface area contributed by atoms with Crippen molar-refractivity contribution >= 4 is 5.91 Å². The molecule has 134 valence electrons. The highest BCUT2D eigenvalue weighted by molar-refractivity contribution is 5.86. The summed E-state index contributed by atoms with van der Waals surface area (Å²) in [5.41, 5.74) is -1.03. The number of likely N-dealkylation sites (tertiary alicyclic amines) is 1. The first-order chi connectivity index (χ1) is 12.0. The molecule has 0 spiro atoms. The Morgan fingerprint density at radius 2 is 2.04 bits per heavy atom. The predicted molar refractivity (Wildman–Crippen MR) is 92.3 cm³/mol. The van der Waals surface area contributed by atoms with E-state index in [4.69, 9.17) is 4.74 Å². The first-order valence-corrected chi connectivity index (χ1v) is 8.61. The second kappa shape index (κ2) is 7.35. The summed E-state index contributed by atoms with van der Waals surface area (Å²) in [6.07, 6.45) is 5.54. The zero-order chi connectivity index (χ0) is 17.9. The molecule has 5 nitrogen and oxygen atoms in total. The van der Waals surface area contributed by atoms with E-state index in [2.05, 4.69) is 5.10 Å². The summed E-state index contributed by atoms with van der Waals surface area (Å²) >= 11 is 0. The van der Waals surface area contributed by atoms with Gasteiger partial charge in [-0.3, -0.25) is 9.48 Å². The Balaban J connectivity index is 1.67. The van der Waals surface area contributed by atoms with Crippen molar-refractivity contribution in [3.63, 3.8) is 0 Å². The van der Waals surface area contributed by atoms with Gasteiger partial charge in [-0.25, -0.2) is 4.39 Å². The molecule has 1 aliphatic heterocycles. The highest BCUT2D eigenvalue weighted by atomic mass is 19.1. The molecule has 3 rings (SSSR count).